The maximum atomic E-state index is 12.0. The van der Waals surface area contributed by atoms with E-state index in [1.165, 1.54) is 6.08 Å². The highest BCUT2D eigenvalue weighted by molar-refractivity contribution is 5.93. The van der Waals surface area contributed by atoms with Crippen LogP contribution in [0.1, 0.15) is 56.0 Å². The number of nitrogens with zero attached hydrogens (tertiary/aromatic N) is 1. The standard InChI is InChI=1S/C26H30N4O4/c1-2-5-24(31)27-20-12-13-21-22(17-20)29-23(28-21)16-19-9-7-18(8-10-19)11-14-25(32)30-34-26-6-3-4-15-33-26/h7-14,17,26H,2-6,15-16H2,1H3,(H,27,31)(H,28,29)(H,30,32)/b14-11+. The van der Waals surface area contributed by atoms with Crippen molar-refractivity contribution in [2.75, 3.05) is 11.9 Å². The molecule has 0 bridgehead atoms. The Morgan fingerprint density at radius 1 is 1.21 bits per heavy atom. The number of H-pyrrole nitrogens is 1. The molecule has 2 amide bonds. The third-order valence-corrected chi connectivity index (χ3v) is 5.50. The van der Waals surface area contributed by atoms with Crippen LogP contribution in [0.5, 0.6) is 0 Å². The highest BCUT2D eigenvalue weighted by Crippen LogP contribution is 2.19. The predicted octanol–water partition coefficient (Wildman–Crippen LogP) is 4.48. The maximum Gasteiger partial charge on any atom is 0.267 e. The number of imidazole rings is 1. The summed E-state index contributed by atoms with van der Waals surface area (Å²) in [4.78, 5) is 37.0. The zero-order chi connectivity index (χ0) is 23.8. The van der Waals surface area contributed by atoms with Crippen molar-refractivity contribution in [2.45, 2.75) is 51.7 Å². The van der Waals surface area contributed by atoms with Gasteiger partial charge < -0.3 is 15.0 Å². The van der Waals surface area contributed by atoms with Crippen LogP contribution in [0.15, 0.2) is 48.5 Å². The molecule has 1 atom stereocenters. The fraction of sp³-hybridized carbons (Fsp3) is 0.346. The molecule has 1 aromatic heterocycles. The van der Waals surface area contributed by atoms with Gasteiger partial charge in [-0.25, -0.2) is 15.3 Å². The molecule has 1 aliphatic rings. The first-order valence-corrected chi connectivity index (χ1v) is 11.7. The molecule has 178 valence electrons. The Balaban J connectivity index is 1.30. The zero-order valence-corrected chi connectivity index (χ0v) is 19.3. The highest BCUT2D eigenvalue weighted by atomic mass is 16.8. The minimum Gasteiger partial charge on any atom is -0.350 e. The molecule has 1 saturated heterocycles. The average Bonchev–Trinajstić information content (AvgIpc) is 3.24. The van der Waals surface area contributed by atoms with Crippen molar-refractivity contribution in [3.05, 3.63) is 65.5 Å². The fourth-order valence-electron chi connectivity index (χ4n) is 3.75. The van der Waals surface area contributed by atoms with Gasteiger partial charge in [0.05, 0.1) is 11.0 Å². The summed E-state index contributed by atoms with van der Waals surface area (Å²) < 4.78 is 5.42. The maximum absolute atomic E-state index is 12.0. The van der Waals surface area contributed by atoms with Gasteiger partial charge >= 0.3 is 0 Å². The summed E-state index contributed by atoms with van der Waals surface area (Å²) in [5.41, 5.74) is 6.92. The molecule has 0 saturated carbocycles. The Kier molecular flexibility index (Phi) is 8.06. The van der Waals surface area contributed by atoms with Crippen molar-refractivity contribution in [1.82, 2.24) is 15.4 Å². The lowest BCUT2D eigenvalue weighted by molar-refractivity contribution is -0.198. The number of ether oxygens (including phenoxy) is 1. The number of rotatable bonds is 9. The molecule has 0 spiro atoms. The highest BCUT2D eigenvalue weighted by Gasteiger charge is 2.15. The van der Waals surface area contributed by atoms with E-state index in [4.69, 9.17) is 9.57 Å². The molecule has 1 fully saturated rings. The molecular formula is C26H30N4O4. The summed E-state index contributed by atoms with van der Waals surface area (Å²) in [7, 11) is 0. The first kappa shape index (κ1) is 23.7. The summed E-state index contributed by atoms with van der Waals surface area (Å²) >= 11 is 0. The lowest BCUT2D eigenvalue weighted by Gasteiger charge is -2.21. The number of amides is 2. The van der Waals surface area contributed by atoms with Crippen LogP contribution >= 0.6 is 0 Å². The SMILES string of the molecule is CCCC(=O)Nc1ccc2nc(Cc3ccc(/C=C/C(=O)NOC4CCCCO4)cc3)[nH]c2c1. The second kappa shape index (κ2) is 11.6. The van der Waals surface area contributed by atoms with E-state index in [2.05, 4.69) is 20.8 Å². The van der Waals surface area contributed by atoms with Gasteiger partial charge in [0.2, 0.25) is 5.91 Å². The molecule has 3 aromatic rings. The molecule has 8 nitrogen and oxygen atoms in total. The van der Waals surface area contributed by atoms with Crippen molar-refractivity contribution in [3.8, 4) is 0 Å². The Bertz CT molecular complexity index is 1150. The van der Waals surface area contributed by atoms with Crippen molar-refractivity contribution in [1.29, 1.82) is 0 Å². The summed E-state index contributed by atoms with van der Waals surface area (Å²) in [5.74, 6) is 0.529. The van der Waals surface area contributed by atoms with Crippen molar-refractivity contribution in [3.63, 3.8) is 0 Å². The monoisotopic (exact) mass is 462 g/mol. The van der Waals surface area contributed by atoms with Gasteiger partial charge in [-0.15, -0.1) is 0 Å². The third-order valence-electron chi connectivity index (χ3n) is 5.50. The number of aromatic amines is 1. The number of anilines is 1. The average molecular weight is 463 g/mol. The van der Waals surface area contributed by atoms with Crippen molar-refractivity contribution in [2.24, 2.45) is 0 Å². The number of hydroxylamine groups is 1. The number of hydrogen-bond acceptors (Lipinski definition) is 5. The Morgan fingerprint density at radius 3 is 2.82 bits per heavy atom. The number of fused-ring (bicyclic) bond motifs is 1. The second-order valence-electron chi connectivity index (χ2n) is 8.35. The van der Waals surface area contributed by atoms with Crippen LogP contribution in [-0.4, -0.2) is 34.7 Å². The first-order valence-electron chi connectivity index (χ1n) is 11.7. The predicted molar refractivity (Wildman–Crippen MR) is 131 cm³/mol. The fourth-order valence-corrected chi connectivity index (χ4v) is 3.75. The van der Waals surface area contributed by atoms with E-state index in [1.54, 1.807) is 6.08 Å². The minimum atomic E-state index is -0.366. The first-order chi connectivity index (χ1) is 16.6. The Labute approximate surface area is 198 Å². The van der Waals surface area contributed by atoms with E-state index in [1.807, 2.05) is 49.4 Å². The lowest BCUT2D eigenvalue weighted by atomic mass is 10.1. The van der Waals surface area contributed by atoms with Gasteiger partial charge in [0.1, 0.15) is 5.82 Å². The molecule has 34 heavy (non-hydrogen) atoms. The molecular weight excluding hydrogens is 432 g/mol. The molecule has 2 aromatic carbocycles. The largest absolute Gasteiger partial charge is 0.350 e. The Morgan fingerprint density at radius 2 is 2.06 bits per heavy atom. The zero-order valence-electron chi connectivity index (χ0n) is 19.3. The van der Waals surface area contributed by atoms with E-state index < -0.39 is 0 Å². The van der Waals surface area contributed by atoms with Crippen LogP contribution in [0, 0.1) is 0 Å². The van der Waals surface area contributed by atoms with Gasteiger partial charge in [0, 0.05) is 37.6 Å². The van der Waals surface area contributed by atoms with Crippen LogP contribution in [0.2, 0.25) is 0 Å². The summed E-state index contributed by atoms with van der Waals surface area (Å²) in [6, 6.07) is 13.6. The van der Waals surface area contributed by atoms with Gasteiger partial charge in [-0.3, -0.25) is 9.59 Å². The number of hydrogen-bond donors (Lipinski definition) is 3. The number of nitrogens with one attached hydrogen (secondary N) is 3. The van der Waals surface area contributed by atoms with Crippen molar-refractivity contribution < 1.29 is 19.2 Å². The van der Waals surface area contributed by atoms with E-state index in [0.29, 0.717) is 19.4 Å². The minimum absolute atomic E-state index is 0.0129. The second-order valence-corrected chi connectivity index (χ2v) is 8.35. The van der Waals surface area contributed by atoms with Gasteiger partial charge in [-0.1, -0.05) is 31.2 Å². The van der Waals surface area contributed by atoms with Gasteiger partial charge in [-0.05, 0) is 54.7 Å². The quantitative estimate of drug-likeness (QED) is 0.321. The molecule has 3 N–H and O–H groups in total. The lowest BCUT2D eigenvalue weighted by Crippen LogP contribution is -2.32. The molecule has 2 heterocycles. The van der Waals surface area contributed by atoms with E-state index in [-0.39, 0.29) is 18.1 Å². The van der Waals surface area contributed by atoms with Gasteiger partial charge in [0.15, 0.2) is 6.29 Å². The van der Waals surface area contributed by atoms with Crippen molar-refractivity contribution >= 4 is 34.6 Å². The van der Waals surface area contributed by atoms with Crippen LogP contribution in [0.25, 0.3) is 17.1 Å². The molecule has 1 aliphatic heterocycles. The molecule has 8 heteroatoms. The van der Waals surface area contributed by atoms with E-state index >= 15 is 0 Å². The van der Waals surface area contributed by atoms with Crippen LogP contribution in [0.4, 0.5) is 5.69 Å². The van der Waals surface area contributed by atoms with Crippen LogP contribution in [-0.2, 0) is 25.6 Å². The molecule has 0 radical (unpaired) electrons. The molecule has 1 unspecified atom stereocenters. The number of carbonyl (C=O) groups excluding carboxylic acids is 2. The summed E-state index contributed by atoms with van der Waals surface area (Å²) in [6.07, 6.45) is 7.62. The number of benzene rings is 2. The number of aromatic nitrogens is 2. The van der Waals surface area contributed by atoms with Crippen LogP contribution in [0.3, 0.4) is 0 Å². The smallest absolute Gasteiger partial charge is 0.267 e. The van der Waals surface area contributed by atoms with Crippen LogP contribution < -0.4 is 10.8 Å². The topological polar surface area (TPSA) is 105 Å². The number of carbonyl (C=O) groups is 2. The van der Waals surface area contributed by atoms with Gasteiger partial charge in [-0.2, -0.15) is 0 Å². The molecule has 0 aliphatic carbocycles. The summed E-state index contributed by atoms with van der Waals surface area (Å²) in [5, 5.41) is 2.91. The third kappa shape index (κ3) is 6.76. The van der Waals surface area contributed by atoms with E-state index in [0.717, 1.165) is 59.4 Å². The molecule has 4 rings (SSSR count). The van der Waals surface area contributed by atoms with E-state index in [9.17, 15) is 9.59 Å². The van der Waals surface area contributed by atoms with Gasteiger partial charge in [0.25, 0.3) is 5.91 Å². The normalized spacial score (nSPS) is 16.1. The Hall–Kier alpha value is -3.49. The summed E-state index contributed by atoms with van der Waals surface area (Å²) in [6.45, 7) is 2.64.